The second-order valence-electron chi connectivity index (χ2n) is 4.18. The first-order chi connectivity index (χ1) is 10.1. The van der Waals surface area contributed by atoms with Gasteiger partial charge in [-0.2, -0.15) is 5.10 Å². The fraction of sp³-hybridized carbons (Fsp3) is 0.0667. The van der Waals surface area contributed by atoms with Crippen LogP contribution in [-0.2, 0) is 4.79 Å². The number of benzene rings is 2. The Hall–Kier alpha value is -1.88. The summed E-state index contributed by atoms with van der Waals surface area (Å²) in [6.07, 6.45) is 0.0466. The van der Waals surface area contributed by atoms with Crippen molar-refractivity contribution in [1.29, 1.82) is 0 Å². The Bertz CT molecular complexity index is 640. The van der Waals surface area contributed by atoms with E-state index in [2.05, 4.69) is 10.5 Å². The molecule has 108 valence electrons. The highest BCUT2D eigenvalue weighted by Crippen LogP contribution is 2.22. The second kappa shape index (κ2) is 7.22. The van der Waals surface area contributed by atoms with E-state index in [1.807, 2.05) is 0 Å². The van der Waals surface area contributed by atoms with Crippen molar-refractivity contribution in [2.45, 2.75) is 6.10 Å². The lowest BCUT2D eigenvalue weighted by atomic mass is 10.1. The van der Waals surface area contributed by atoms with Crippen LogP contribution in [0.2, 0.25) is 10.0 Å². The summed E-state index contributed by atoms with van der Waals surface area (Å²) in [6.45, 7) is 0. The van der Waals surface area contributed by atoms with E-state index >= 15 is 0 Å². The lowest BCUT2D eigenvalue weighted by Crippen LogP contribution is -2.25. The summed E-state index contributed by atoms with van der Waals surface area (Å²) in [7, 11) is 0. The number of hydrogen-bond acceptors (Lipinski definition) is 3. The van der Waals surface area contributed by atoms with Crippen LogP contribution in [0.15, 0.2) is 53.6 Å². The molecule has 21 heavy (non-hydrogen) atoms. The number of hydrogen-bond donors (Lipinski definition) is 2. The van der Waals surface area contributed by atoms with E-state index in [4.69, 9.17) is 23.2 Å². The van der Waals surface area contributed by atoms with Gasteiger partial charge < -0.3 is 5.11 Å². The zero-order valence-corrected chi connectivity index (χ0v) is 12.3. The number of halogens is 2. The molecule has 2 aromatic carbocycles. The molecule has 0 saturated heterocycles. The molecule has 0 saturated carbocycles. The molecular weight excluding hydrogens is 311 g/mol. The van der Waals surface area contributed by atoms with Crippen LogP contribution < -0.4 is 5.43 Å². The van der Waals surface area contributed by atoms with Crippen LogP contribution in [0.5, 0.6) is 0 Å². The molecule has 1 unspecified atom stereocenters. The summed E-state index contributed by atoms with van der Waals surface area (Å²) in [6, 6.07) is 13.6. The summed E-state index contributed by atoms with van der Waals surface area (Å²) in [4.78, 5) is 11.8. The minimum absolute atomic E-state index is 0.420. The minimum Gasteiger partial charge on any atom is -0.378 e. The van der Waals surface area contributed by atoms with Crippen LogP contribution in [-0.4, -0.2) is 17.2 Å². The molecule has 0 aromatic heterocycles. The van der Waals surface area contributed by atoms with Gasteiger partial charge in [0.05, 0.1) is 16.3 Å². The van der Waals surface area contributed by atoms with E-state index < -0.39 is 12.0 Å². The highest BCUT2D eigenvalue weighted by molar-refractivity contribution is 6.38. The van der Waals surface area contributed by atoms with E-state index in [9.17, 15) is 9.90 Å². The Kier molecular flexibility index (Phi) is 5.33. The lowest BCUT2D eigenvalue weighted by Gasteiger charge is -2.08. The maximum atomic E-state index is 11.8. The van der Waals surface area contributed by atoms with Gasteiger partial charge in [-0.15, -0.1) is 0 Å². The van der Waals surface area contributed by atoms with Crippen LogP contribution in [0.3, 0.4) is 0 Å². The highest BCUT2D eigenvalue weighted by atomic mass is 35.5. The standard InChI is InChI=1S/C15H12Cl2N2O2/c16-12-7-4-8-13(17)11(12)9-18-19-15(21)14(20)10-5-2-1-3-6-10/h1-9,14,20H,(H,19,21)/b18-9+. The van der Waals surface area contributed by atoms with Crippen molar-refractivity contribution in [3.63, 3.8) is 0 Å². The number of nitrogens with one attached hydrogen (secondary N) is 1. The Balaban J connectivity index is 2.03. The molecule has 6 heteroatoms. The normalized spacial score (nSPS) is 12.3. The molecule has 0 aliphatic rings. The number of aliphatic hydroxyl groups excluding tert-OH is 1. The Labute approximate surface area is 132 Å². The van der Waals surface area contributed by atoms with Gasteiger partial charge >= 0.3 is 0 Å². The van der Waals surface area contributed by atoms with E-state index in [1.54, 1.807) is 48.5 Å². The Morgan fingerprint density at radius 1 is 1.10 bits per heavy atom. The van der Waals surface area contributed by atoms with Crippen LogP contribution in [0.1, 0.15) is 17.2 Å². The van der Waals surface area contributed by atoms with Crippen molar-refractivity contribution < 1.29 is 9.90 Å². The minimum atomic E-state index is -1.29. The van der Waals surface area contributed by atoms with Crippen molar-refractivity contribution in [3.8, 4) is 0 Å². The maximum Gasteiger partial charge on any atom is 0.273 e. The smallest absolute Gasteiger partial charge is 0.273 e. The summed E-state index contributed by atoms with van der Waals surface area (Å²) in [5.74, 6) is -0.638. The zero-order chi connectivity index (χ0) is 15.2. The number of nitrogens with zero attached hydrogens (tertiary/aromatic N) is 1. The van der Waals surface area contributed by atoms with Gasteiger partial charge in [0.25, 0.3) is 5.91 Å². The molecule has 2 N–H and O–H groups in total. The maximum absolute atomic E-state index is 11.8. The molecule has 0 fully saturated rings. The molecule has 2 rings (SSSR count). The topological polar surface area (TPSA) is 61.7 Å². The zero-order valence-electron chi connectivity index (χ0n) is 10.8. The van der Waals surface area contributed by atoms with Crippen molar-refractivity contribution in [3.05, 3.63) is 69.7 Å². The summed E-state index contributed by atoms with van der Waals surface area (Å²) in [5, 5.41) is 14.5. The molecule has 0 aliphatic heterocycles. The van der Waals surface area contributed by atoms with Gasteiger partial charge in [-0.05, 0) is 17.7 Å². The van der Waals surface area contributed by atoms with Gasteiger partial charge in [0.2, 0.25) is 0 Å². The quantitative estimate of drug-likeness (QED) is 0.670. The average molecular weight is 323 g/mol. The summed E-state index contributed by atoms with van der Waals surface area (Å²) < 4.78 is 0. The summed E-state index contributed by atoms with van der Waals surface area (Å²) >= 11 is 11.9. The van der Waals surface area contributed by atoms with Crippen LogP contribution in [0.4, 0.5) is 0 Å². The van der Waals surface area contributed by atoms with E-state index in [0.29, 0.717) is 21.2 Å². The summed E-state index contributed by atoms with van der Waals surface area (Å²) in [5.41, 5.74) is 3.23. The first kappa shape index (κ1) is 15.5. The predicted octanol–water partition coefficient (Wildman–Crippen LogP) is 3.18. The highest BCUT2D eigenvalue weighted by Gasteiger charge is 2.16. The molecule has 1 atom stereocenters. The van der Waals surface area contributed by atoms with Crippen LogP contribution >= 0.6 is 23.2 Å². The van der Waals surface area contributed by atoms with Gasteiger partial charge in [0.1, 0.15) is 0 Å². The number of amides is 1. The fourth-order valence-electron chi connectivity index (χ4n) is 1.64. The van der Waals surface area contributed by atoms with Gasteiger partial charge in [-0.3, -0.25) is 4.79 Å². The van der Waals surface area contributed by atoms with Crippen molar-refractivity contribution >= 4 is 35.3 Å². The first-order valence-electron chi connectivity index (χ1n) is 6.09. The Morgan fingerprint density at radius 3 is 2.33 bits per heavy atom. The Morgan fingerprint density at radius 2 is 1.71 bits per heavy atom. The molecule has 0 bridgehead atoms. The average Bonchev–Trinajstić information content (AvgIpc) is 2.50. The van der Waals surface area contributed by atoms with Gasteiger partial charge in [0.15, 0.2) is 6.10 Å². The first-order valence-corrected chi connectivity index (χ1v) is 6.85. The predicted molar refractivity (Wildman–Crippen MR) is 83.6 cm³/mol. The van der Waals surface area contributed by atoms with Gasteiger partial charge in [0, 0.05) is 5.56 Å². The van der Waals surface area contributed by atoms with Gasteiger partial charge in [-0.25, -0.2) is 5.43 Å². The van der Waals surface area contributed by atoms with Crippen molar-refractivity contribution in [2.24, 2.45) is 5.10 Å². The third-order valence-electron chi connectivity index (χ3n) is 2.73. The van der Waals surface area contributed by atoms with Crippen molar-refractivity contribution in [2.75, 3.05) is 0 Å². The van der Waals surface area contributed by atoms with Gasteiger partial charge in [-0.1, -0.05) is 59.6 Å². The molecule has 2 aromatic rings. The number of rotatable bonds is 4. The second-order valence-corrected chi connectivity index (χ2v) is 5.00. The monoisotopic (exact) mass is 322 g/mol. The SMILES string of the molecule is O=C(N/N=C/c1c(Cl)cccc1Cl)C(O)c1ccccc1. The number of carbonyl (C=O) groups is 1. The third kappa shape index (κ3) is 4.04. The fourth-order valence-corrected chi connectivity index (χ4v) is 2.14. The molecule has 0 aliphatic carbocycles. The molecule has 0 heterocycles. The molecule has 4 nitrogen and oxygen atoms in total. The molecular formula is C15H12Cl2N2O2. The molecule has 1 amide bonds. The van der Waals surface area contributed by atoms with Crippen LogP contribution in [0.25, 0.3) is 0 Å². The number of hydrazone groups is 1. The molecule has 0 spiro atoms. The number of aliphatic hydroxyl groups is 1. The van der Waals surface area contributed by atoms with E-state index in [-0.39, 0.29) is 0 Å². The largest absolute Gasteiger partial charge is 0.378 e. The number of carbonyl (C=O) groups excluding carboxylic acids is 1. The van der Waals surface area contributed by atoms with E-state index in [1.165, 1.54) is 6.21 Å². The lowest BCUT2D eigenvalue weighted by molar-refractivity contribution is -0.129. The van der Waals surface area contributed by atoms with Crippen molar-refractivity contribution in [1.82, 2.24) is 5.43 Å². The third-order valence-corrected chi connectivity index (χ3v) is 3.39. The molecule has 0 radical (unpaired) electrons. The van der Waals surface area contributed by atoms with Crippen LogP contribution in [0, 0.1) is 0 Å². The van der Waals surface area contributed by atoms with E-state index in [0.717, 1.165) is 0 Å².